The van der Waals surface area contributed by atoms with Crippen molar-refractivity contribution in [2.24, 2.45) is 5.10 Å². The molecular weight excluding hydrogens is 546 g/mol. The molecule has 10 heteroatoms. The van der Waals surface area contributed by atoms with E-state index in [1.165, 1.54) is 37.6 Å². The summed E-state index contributed by atoms with van der Waals surface area (Å²) < 4.78 is 13.0. The normalized spacial score (nSPS) is 10.7. The molecule has 0 saturated carbocycles. The number of benzene rings is 3. The summed E-state index contributed by atoms with van der Waals surface area (Å²) in [6.07, 6.45) is 1.43. The molecule has 0 unspecified atom stereocenters. The molecule has 0 aliphatic carbocycles. The Morgan fingerprint density at radius 1 is 1.16 bits per heavy atom. The maximum atomic E-state index is 12.2. The van der Waals surface area contributed by atoms with Crippen molar-refractivity contribution in [3.05, 3.63) is 96.4 Å². The molecule has 0 aromatic heterocycles. The van der Waals surface area contributed by atoms with Gasteiger partial charge in [-0.1, -0.05) is 34.1 Å². The molecule has 3 aromatic carbocycles. The molecule has 0 bridgehead atoms. The Morgan fingerprint density at radius 2 is 1.91 bits per heavy atom. The smallest absolute Gasteiger partial charge is 0.271 e. The summed E-state index contributed by atoms with van der Waals surface area (Å²) in [6, 6.07) is 16.7. The molecule has 0 radical (unpaired) electrons. The highest BCUT2D eigenvalue weighted by Gasteiger charge is 2.13. The predicted octanol–water partition coefficient (Wildman–Crippen LogP) is 5.47. The van der Waals surface area contributed by atoms with Gasteiger partial charge in [0, 0.05) is 22.2 Å². The van der Waals surface area contributed by atoms with Crippen molar-refractivity contribution in [2.75, 3.05) is 7.11 Å². The number of non-ortho nitro benzene ring substituents is 1. The van der Waals surface area contributed by atoms with E-state index in [2.05, 4.69) is 42.4 Å². The SMILES string of the molecule is COc1cc(/C=N\NC(=O)c2cccc([N+](=O)[O-])c2)cc(Br)c1OCc1ccc(Br)cc1. The molecule has 0 aliphatic heterocycles. The molecule has 0 atom stereocenters. The van der Waals surface area contributed by atoms with E-state index in [1.807, 2.05) is 24.3 Å². The van der Waals surface area contributed by atoms with Gasteiger partial charge in [-0.3, -0.25) is 14.9 Å². The molecule has 164 valence electrons. The molecule has 8 nitrogen and oxygen atoms in total. The number of nitrogens with zero attached hydrogens (tertiary/aromatic N) is 2. The van der Waals surface area contributed by atoms with Crippen LogP contribution in [-0.2, 0) is 6.61 Å². The average Bonchev–Trinajstić information content (AvgIpc) is 2.79. The van der Waals surface area contributed by atoms with Crippen LogP contribution < -0.4 is 14.9 Å². The monoisotopic (exact) mass is 561 g/mol. The second-order valence-corrected chi connectivity index (χ2v) is 8.23. The van der Waals surface area contributed by atoms with Gasteiger partial charge in [0.1, 0.15) is 6.61 Å². The molecule has 0 spiro atoms. The number of rotatable bonds is 8. The molecule has 1 N–H and O–H groups in total. The molecule has 3 aromatic rings. The molecule has 3 rings (SSSR count). The van der Waals surface area contributed by atoms with Crippen LogP contribution >= 0.6 is 31.9 Å². The van der Waals surface area contributed by atoms with Crippen molar-refractivity contribution in [2.45, 2.75) is 6.61 Å². The van der Waals surface area contributed by atoms with Gasteiger partial charge in [-0.05, 0) is 57.4 Å². The first-order chi connectivity index (χ1) is 15.4. The number of hydrogen-bond donors (Lipinski definition) is 1. The average molecular weight is 563 g/mol. The minimum Gasteiger partial charge on any atom is -0.493 e. The third-order valence-electron chi connectivity index (χ3n) is 4.25. The van der Waals surface area contributed by atoms with Crippen molar-refractivity contribution in [3.8, 4) is 11.5 Å². The Labute approximate surface area is 200 Å². The Bertz CT molecular complexity index is 1170. The van der Waals surface area contributed by atoms with Crippen LogP contribution in [0.15, 0.2) is 74.7 Å². The number of carbonyl (C=O) groups is 1. The maximum Gasteiger partial charge on any atom is 0.271 e. The summed E-state index contributed by atoms with van der Waals surface area (Å²) in [5.74, 6) is 0.460. The van der Waals surface area contributed by atoms with Gasteiger partial charge in [0.2, 0.25) is 0 Å². The van der Waals surface area contributed by atoms with Gasteiger partial charge in [-0.25, -0.2) is 5.43 Å². The van der Waals surface area contributed by atoms with Crippen LogP contribution in [-0.4, -0.2) is 24.2 Å². The van der Waals surface area contributed by atoms with E-state index in [0.29, 0.717) is 28.1 Å². The molecular formula is C22H17Br2N3O5. The maximum absolute atomic E-state index is 12.2. The standard InChI is InChI=1S/C22H17Br2N3O5/c1-31-20-10-15(9-19(24)21(20)32-13-14-5-7-17(23)8-6-14)12-25-26-22(28)16-3-2-4-18(11-16)27(29)30/h2-12H,13H2,1H3,(H,26,28)/b25-12-. The molecule has 32 heavy (non-hydrogen) atoms. The largest absolute Gasteiger partial charge is 0.493 e. The summed E-state index contributed by atoms with van der Waals surface area (Å²) >= 11 is 6.88. The fourth-order valence-corrected chi connectivity index (χ4v) is 3.52. The van der Waals surface area contributed by atoms with Crippen LogP contribution in [0.25, 0.3) is 0 Å². The van der Waals surface area contributed by atoms with Crippen molar-refractivity contribution in [1.82, 2.24) is 5.43 Å². The topological polar surface area (TPSA) is 103 Å². The quantitative estimate of drug-likeness (QED) is 0.223. The van der Waals surface area contributed by atoms with E-state index in [1.54, 1.807) is 12.1 Å². The minimum atomic E-state index is -0.565. The summed E-state index contributed by atoms with van der Waals surface area (Å²) in [6.45, 7) is 0.356. The summed E-state index contributed by atoms with van der Waals surface area (Å²) in [7, 11) is 1.53. The lowest BCUT2D eigenvalue weighted by molar-refractivity contribution is -0.384. The van der Waals surface area contributed by atoms with Crippen LogP contribution in [0, 0.1) is 10.1 Å². The molecule has 0 saturated heterocycles. The van der Waals surface area contributed by atoms with Gasteiger partial charge >= 0.3 is 0 Å². The predicted molar refractivity (Wildman–Crippen MR) is 127 cm³/mol. The number of hydrazone groups is 1. The van der Waals surface area contributed by atoms with E-state index in [9.17, 15) is 14.9 Å². The Hall–Kier alpha value is -3.24. The Balaban J connectivity index is 1.69. The first-order valence-electron chi connectivity index (χ1n) is 9.20. The minimum absolute atomic E-state index is 0.131. The number of carbonyl (C=O) groups excluding carboxylic acids is 1. The van der Waals surface area contributed by atoms with Crippen LogP contribution in [0.3, 0.4) is 0 Å². The Kier molecular flexibility index (Phi) is 7.96. The van der Waals surface area contributed by atoms with Gasteiger partial charge in [0.15, 0.2) is 11.5 Å². The highest BCUT2D eigenvalue weighted by atomic mass is 79.9. The number of nitrogens with one attached hydrogen (secondary N) is 1. The first kappa shape index (κ1) is 23.4. The highest BCUT2D eigenvalue weighted by molar-refractivity contribution is 9.10. The van der Waals surface area contributed by atoms with Crippen molar-refractivity contribution in [3.63, 3.8) is 0 Å². The molecule has 1 amide bonds. The first-order valence-corrected chi connectivity index (χ1v) is 10.8. The number of methoxy groups -OCH3 is 1. The lowest BCUT2D eigenvalue weighted by Gasteiger charge is -2.13. The van der Waals surface area contributed by atoms with Gasteiger partial charge in [-0.2, -0.15) is 5.10 Å². The van der Waals surface area contributed by atoms with Crippen LogP contribution in [0.2, 0.25) is 0 Å². The van der Waals surface area contributed by atoms with Crippen molar-refractivity contribution < 1.29 is 19.2 Å². The fraction of sp³-hybridized carbons (Fsp3) is 0.0909. The Morgan fingerprint density at radius 3 is 2.59 bits per heavy atom. The van der Waals surface area contributed by atoms with Gasteiger partial charge in [-0.15, -0.1) is 0 Å². The number of nitro benzene ring substituents is 1. The highest BCUT2D eigenvalue weighted by Crippen LogP contribution is 2.37. The molecule has 0 heterocycles. The zero-order valence-electron chi connectivity index (χ0n) is 16.7. The third-order valence-corrected chi connectivity index (χ3v) is 5.36. The van der Waals surface area contributed by atoms with Gasteiger partial charge in [0.05, 0.1) is 22.7 Å². The lowest BCUT2D eigenvalue weighted by atomic mass is 10.2. The van der Waals surface area contributed by atoms with E-state index >= 15 is 0 Å². The zero-order valence-corrected chi connectivity index (χ0v) is 19.9. The number of nitro groups is 1. The van der Waals surface area contributed by atoms with Crippen molar-refractivity contribution in [1.29, 1.82) is 0 Å². The lowest BCUT2D eigenvalue weighted by Crippen LogP contribution is -2.17. The van der Waals surface area contributed by atoms with E-state index < -0.39 is 10.8 Å². The van der Waals surface area contributed by atoms with Crippen LogP contribution in [0.5, 0.6) is 11.5 Å². The number of amides is 1. The summed E-state index contributed by atoms with van der Waals surface area (Å²) in [5.41, 5.74) is 3.95. The fourth-order valence-electron chi connectivity index (χ4n) is 2.68. The van der Waals surface area contributed by atoms with Gasteiger partial charge in [0.25, 0.3) is 11.6 Å². The second-order valence-electron chi connectivity index (χ2n) is 6.46. The summed E-state index contributed by atoms with van der Waals surface area (Å²) in [4.78, 5) is 22.5. The van der Waals surface area contributed by atoms with E-state index in [-0.39, 0.29) is 11.3 Å². The zero-order chi connectivity index (χ0) is 23.1. The summed E-state index contributed by atoms with van der Waals surface area (Å²) in [5, 5.41) is 14.8. The number of hydrogen-bond acceptors (Lipinski definition) is 6. The molecule has 0 fully saturated rings. The van der Waals surface area contributed by atoms with Crippen LogP contribution in [0.4, 0.5) is 5.69 Å². The third kappa shape index (κ3) is 6.14. The number of halogens is 2. The second kappa shape index (κ2) is 10.9. The number of ether oxygens (including phenoxy) is 2. The van der Waals surface area contributed by atoms with E-state index in [4.69, 9.17) is 9.47 Å². The van der Waals surface area contributed by atoms with Gasteiger partial charge < -0.3 is 9.47 Å². The van der Waals surface area contributed by atoms with Crippen LogP contribution in [0.1, 0.15) is 21.5 Å². The van der Waals surface area contributed by atoms with Crippen molar-refractivity contribution >= 4 is 49.7 Å². The van der Waals surface area contributed by atoms with E-state index in [0.717, 1.165) is 10.0 Å². The molecule has 0 aliphatic rings.